The molecule has 0 radical (unpaired) electrons. The van der Waals surface area contributed by atoms with Crippen LogP contribution in [0.1, 0.15) is 45.7 Å². The summed E-state index contributed by atoms with van der Waals surface area (Å²) in [7, 11) is 0. The molecule has 3 heterocycles. The molecular formula is C16H17N3O2S. The monoisotopic (exact) mass is 315 g/mol. The fourth-order valence-electron chi connectivity index (χ4n) is 2.30. The number of nitrogens with one attached hydrogen (secondary N) is 1. The molecule has 3 aromatic rings. The second-order valence-corrected chi connectivity index (χ2v) is 6.52. The van der Waals surface area contributed by atoms with Gasteiger partial charge in [0.05, 0.1) is 22.7 Å². The Morgan fingerprint density at radius 1 is 1.45 bits per heavy atom. The van der Waals surface area contributed by atoms with Crippen LogP contribution in [-0.4, -0.2) is 16.0 Å². The second kappa shape index (κ2) is 5.88. The van der Waals surface area contributed by atoms with E-state index in [-0.39, 0.29) is 11.9 Å². The molecule has 1 N–H and O–H groups in total. The topological polar surface area (TPSA) is 68.0 Å². The van der Waals surface area contributed by atoms with Crippen molar-refractivity contribution in [1.82, 2.24) is 15.5 Å². The van der Waals surface area contributed by atoms with E-state index in [1.165, 1.54) is 11.1 Å². The molecule has 22 heavy (non-hydrogen) atoms. The number of fused-ring (bicyclic) bond motifs is 1. The van der Waals surface area contributed by atoms with E-state index in [0.717, 1.165) is 22.4 Å². The number of rotatable bonds is 4. The van der Waals surface area contributed by atoms with Crippen molar-refractivity contribution in [1.29, 1.82) is 0 Å². The first-order valence-corrected chi connectivity index (χ1v) is 8.01. The Hall–Kier alpha value is -2.21. The molecule has 1 unspecified atom stereocenters. The Bertz CT molecular complexity index is 822. The highest BCUT2D eigenvalue weighted by Gasteiger charge is 2.16. The first-order valence-electron chi connectivity index (χ1n) is 7.20. The van der Waals surface area contributed by atoms with Gasteiger partial charge in [-0.3, -0.25) is 4.79 Å². The van der Waals surface area contributed by atoms with Crippen molar-refractivity contribution < 1.29 is 9.32 Å². The molecule has 0 bridgehead atoms. The lowest BCUT2D eigenvalue weighted by atomic mass is 10.1. The highest BCUT2D eigenvalue weighted by atomic mass is 32.1. The summed E-state index contributed by atoms with van der Waals surface area (Å²) in [5.74, 6) is -0.142. The van der Waals surface area contributed by atoms with Crippen LogP contribution in [0.5, 0.6) is 0 Å². The Morgan fingerprint density at radius 2 is 2.27 bits per heavy atom. The third-order valence-corrected chi connectivity index (χ3v) is 4.72. The van der Waals surface area contributed by atoms with Crippen molar-refractivity contribution in [2.75, 3.05) is 0 Å². The van der Waals surface area contributed by atoms with Gasteiger partial charge in [0.2, 0.25) is 0 Å². The second-order valence-electron chi connectivity index (χ2n) is 5.20. The summed E-state index contributed by atoms with van der Waals surface area (Å²) in [6.07, 6.45) is 2.26. The highest BCUT2D eigenvalue weighted by Crippen LogP contribution is 2.23. The van der Waals surface area contributed by atoms with E-state index in [1.807, 2.05) is 19.9 Å². The average Bonchev–Trinajstić information content (AvgIpc) is 3.12. The van der Waals surface area contributed by atoms with Crippen LogP contribution < -0.4 is 5.32 Å². The van der Waals surface area contributed by atoms with E-state index in [1.54, 1.807) is 17.4 Å². The van der Waals surface area contributed by atoms with Crippen molar-refractivity contribution in [2.45, 2.75) is 33.2 Å². The van der Waals surface area contributed by atoms with Crippen LogP contribution in [-0.2, 0) is 6.42 Å². The summed E-state index contributed by atoms with van der Waals surface area (Å²) in [5.41, 5.74) is 1.81. The minimum atomic E-state index is -0.142. The quantitative estimate of drug-likeness (QED) is 0.798. The van der Waals surface area contributed by atoms with E-state index in [9.17, 15) is 4.79 Å². The third kappa shape index (κ3) is 2.74. The summed E-state index contributed by atoms with van der Waals surface area (Å²) >= 11 is 1.69. The van der Waals surface area contributed by atoms with Gasteiger partial charge in [0.1, 0.15) is 0 Å². The smallest absolute Gasteiger partial charge is 0.257 e. The largest absolute Gasteiger partial charge is 0.345 e. The van der Waals surface area contributed by atoms with Crippen LogP contribution in [0.15, 0.2) is 28.9 Å². The maximum absolute atomic E-state index is 12.4. The van der Waals surface area contributed by atoms with Gasteiger partial charge in [0, 0.05) is 16.0 Å². The van der Waals surface area contributed by atoms with Gasteiger partial charge >= 0.3 is 0 Å². The van der Waals surface area contributed by atoms with E-state index < -0.39 is 0 Å². The standard InChI is InChI=1S/C16H17N3O2S/c1-4-13-12-7-11(8-17-16(12)21-19-13)15(20)18-10(3)14-6-5-9(2)22-14/h5-8,10H,4H2,1-3H3,(H,18,20). The Kier molecular flexibility index (Phi) is 3.94. The first-order chi connectivity index (χ1) is 10.6. The zero-order valence-corrected chi connectivity index (χ0v) is 13.5. The molecule has 1 atom stereocenters. The summed E-state index contributed by atoms with van der Waals surface area (Å²) < 4.78 is 5.14. The molecule has 0 fully saturated rings. The van der Waals surface area contributed by atoms with Gasteiger partial charge in [0.25, 0.3) is 11.6 Å². The number of carbonyl (C=O) groups excluding carboxylic acids is 1. The average molecular weight is 315 g/mol. The summed E-state index contributed by atoms with van der Waals surface area (Å²) in [6.45, 7) is 6.02. The first kappa shape index (κ1) is 14.7. The Labute approximate surface area is 132 Å². The van der Waals surface area contributed by atoms with Crippen LogP contribution in [0.3, 0.4) is 0 Å². The summed E-state index contributed by atoms with van der Waals surface area (Å²) in [4.78, 5) is 18.9. The fourth-order valence-corrected chi connectivity index (χ4v) is 3.18. The maximum atomic E-state index is 12.4. The van der Waals surface area contributed by atoms with Gasteiger partial charge in [-0.25, -0.2) is 4.98 Å². The predicted molar refractivity (Wildman–Crippen MR) is 86.1 cm³/mol. The van der Waals surface area contributed by atoms with Gasteiger partial charge < -0.3 is 9.84 Å². The minimum absolute atomic E-state index is 0.0324. The van der Waals surface area contributed by atoms with Crippen molar-refractivity contribution >= 4 is 28.3 Å². The van der Waals surface area contributed by atoms with Crippen molar-refractivity contribution in [3.8, 4) is 0 Å². The molecule has 5 nitrogen and oxygen atoms in total. The number of nitrogens with zero attached hydrogens (tertiary/aromatic N) is 2. The third-order valence-electron chi connectivity index (χ3n) is 3.54. The minimum Gasteiger partial charge on any atom is -0.345 e. The van der Waals surface area contributed by atoms with E-state index >= 15 is 0 Å². The van der Waals surface area contributed by atoms with Crippen molar-refractivity contribution in [3.05, 3.63) is 45.4 Å². The lowest BCUT2D eigenvalue weighted by molar-refractivity contribution is 0.0940. The van der Waals surface area contributed by atoms with Crippen LogP contribution in [0, 0.1) is 6.92 Å². The molecule has 0 saturated carbocycles. The molecule has 0 aliphatic heterocycles. The Morgan fingerprint density at radius 3 is 2.95 bits per heavy atom. The zero-order valence-electron chi connectivity index (χ0n) is 12.7. The molecule has 1 amide bonds. The molecule has 0 aromatic carbocycles. The number of aryl methyl sites for hydroxylation is 2. The zero-order chi connectivity index (χ0) is 15.7. The summed E-state index contributed by atoms with van der Waals surface area (Å²) in [6, 6.07) is 5.86. The van der Waals surface area contributed by atoms with Crippen molar-refractivity contribution in [2.24, 2.45) is 0 Å². The van der Waals surface area contributed by atoms with Crippen LogP contribution >= 0.6 is 11.3 Å². The fraction of sp³-hybridized carbons (Fsp3) is 0.312. The SMILES string of the molecule is CCc1noc2ncc(C(=O)NC(C)c3ccc(C)s3)cc12. The summed E-state index contributed by atoms with van der Waals surface area (Å²) in [5, 5.41) is 7.76. The van der Waals surface area contributed by atoms with Gasteiger partial charge in [-0.05, 0) is 38.5 Å². The van der Waals surface area contributed by atoms with Crippen LogP contribution in [0.2, 0.25) is 0 Å². The number of hydrogen-bond acceptors (Lipinski definition) is 5. The van der Waals surface area contributed by atoms with E-state index in [2.05, 4.69) is 28.4 Å². The number of aromatic nitrogens is 2. The van der Waals surface area contributed by atoms with Gasteiger partial charge in [0.15, 0.2) is 0 Å². The number of amides is 1. The number of hydrogen-bond donors (Lipinski definition) is 1. The molecule has 0 aliphatic rings. The lowest BCUT2D eigenvalue weighted by Crippen LogP contribution is -2.26. The van der Waals surface area contributed by atoms with Crippen molar-refractivity contribution in [3.63, 3.8) is 0 Å². The molecule has 0 spiro atoms. The van der Waals surface area contributed by atoms with Gasteiger partial charge in [-0.1, -0.05) is 12.1 Å². The predicted octanol–water partition coefficient (Wildman–Crippen LogP) is 3.65. The highest BCUT2D eigenvalue weighted by molar-refractivity contribution is 7.12. The molecule has 6 heteroatoms. The molecule has 114 valence electrons. The number of thiophene rings is 1. The molecule has 0 aliphatic carbocycles. The lowest BCUT2D eigenvalue weighted by Gasteiger charge is -2.12. The molecule has 0 saturated heterocycles. The number of pyridine rings is 1. The van der Waals surface area contributed by atoms with Crippen LogP contribution in [0.4, 0.5) is 0 Å². The van der Waals surface area contributed by atoms with E-state index in [0.29, 0.717) is 11.3 Å². The maximum Gasteiger partial charge on any atom is 0.257 e. The van der Waals surface area contributed by atoms with Crippen LogP contribution in [0.25, 0.3) is 11.1 Å². The van der Waals surface area contributed by atoms with Gasteiger partial charge in [-0.15, -0.1) is 11.3 Å². The number of carbonyl (C=O) groups is 1. The molecular weight excluding hydrogens is 298 g/mol. The normalized spacial score (nSPS) is 12.5. The molecule has 3 aromatic heterocycles. The molecule has 3 rings (SSSR count). The van der Waals surface area contributed by atoms with E-state index in [4.69, 9.17) is 4.52 Å². The van der Waals surface area contributed by atoms with Gasteiger partial charge in [-0.2, -0.15) is 0 Å². The Balaban J connectivity index is 1.82.